The van der Waals surface area contributed by atoms with Gasteiger partial charge in [0.1, 0.15) is 0 Å². The summed E-state index contributed by atoms with van der Waals surface area (Å²) in [5, 5.41) is 4.22. The zero-order valence-corrected chi connectivity index (χ0v) is 8.03. The molecule has 1 heterocycles. The van der Waals surface area contributed by atoms with Gasteiger partial charge in [0.05, 0.1) is 12.6 Å². The number of hydrogen-bond donors (Lipinski definition) is 2. The number of hydrogen-bond acceptors (Lipinski definition) is 3. The molecule has 14 heavy (non-hydrogen) atoms. The second kappa shape index (κ2) is 5.39. The number of hydrazine groups is 1. The van der Waals surface area contributed by atoms with E-state index in [-0.39, 0.29) is 11.9 Å². The van der Waals surface area contributed by atoms with Gasteiger partial charge < -0.3 is 5.32 Å². The quantitative estimate of drug-likeness (QED) is 0.352. The summed E-state index contributed by atoms with van der Waals surface area (Å²) < 4.78 is 0. The third-order valence-electron chi connectivity index (χ3n) is 2.08. The molecule has 0 radical (unpaired) electrons. The Morgan fingerprint density at radius 3 is 3.00 bits per heavy atom. The summed E-state index contributed by atoms with van der Waals surface area (Å²) >= 11 is 0. The normalized spacial score (nSPS) is 20.1. The van der Waals surface area contributed by atoms with E-state index in [4.69, 9.17) is 0 Å². The molecule has 0 bridgehead atoms. The average Bonchev–Trinajstić information content (AvgIpc) is 2.69. The van der Waals surface area contributed by atoms with E-state index in [9.17, 15) is 9.59 Å². The van der Waals surface area contributed by atoms with E-state index in [1.165, 1.54) is 5.01 Å². The molecule has 1 aliphatic rings. The summed E-state index contributed by atoms with van der Waals surface area (Å²) in [5.41, 5.74) is 2.50. The van der Waals surface area contributed by atoms with Crippen molar-refractivity contribution in [1.29, 1.82) is 0 Å². The van der Waals surface area contributed by atoms with Crippen LogP contribution in [0.1, 0.15) is 12.8 Å². The second-order valence-corrected chi connectivity index (χ2v) is 3.17. The van der Waals surface area contributed by atoms with E-state index in [0.29, 0.717) is 13.0 Å². The van der Waals surface area contributed by atoms with Crippen LogP contribution in [0, 0.1) is 0 Å². The van der Waals surface area contributed by atoms with Crippen LogP contribution < -0.4 is 10.7 Å². The summed E-state index contributed by atoms with van der Waals surface area (Å²) in [6.45, 7) is 4.67. The first-order valence-corrected chi connectivity index (χ1v) is 4.64. The van der Waals surface area contributed by atoms with Gasteiger partial charge in [-0.25, -0.2) is 0 Å². The first kappa shape index (κ1) is 10.7. The highest BCUT2D eigenvalue weighted by atomic mass is 16.2. The molecule has 0 aromatic heterocycles. The fourth-order valence-electron chi connectivity index (χ4n) is 1.38. The number of nitrogens with one attached hydrogen (secondary N) is 2. The first-order chi connectivity index (χ1) is 6.77. The van der Waals surface area contributed by atoms with Crippen LogP contribution in [0.3, 0.4) is 0 Å². The molecule has 2 N–H and O–H groups in total. The highest BCUT2D eigenvalue weighted by Crippen LogP contribution is 2.04. The molecule has 1 fully saturated rings. The molecular formula is C9H15N3O2. The maximum atomic E-state index is 11.5. The van der Waals surface area contributed by atoms with E-state index in [2.05, 4.69) is 17.3 Å². The van der Waals surface area contributed by atoms with Crippen LogP contribution in [0.4, 0.5) is 0 Å². The van der Waals surface area contributed by atoms with Crippen molar-refractivity contribution in [2.45, 2.75) is 18.9 Å². The van der Waals surface area contributed by atoms with Gasteiger partial charge in [0, 0.05) is 0 Å². The predicted octanol–water partition coefficient (Wildman–Crippen LogP) is -0.586. The van der Waals surface area contributed by atoms with Crippen molar-refractivity contribution < 1.29 is 9.59 Å². The molecule has 5 nitrogen and oxygen atoms in total. The fraction of sp³-hybridized carbons (Fsp3) is 0.556. The van der Waals surface area contributed by atoms with E-state index >= 15 is 0 Å². The van der Waals surface area contributed by atoms with Crippen molar-refractivity contribution >= 4 is 12.3 Å². The Hall–Kier alpha value is -1.36. The molecule has 5 heteroatoms. The highest BCUT2D eigenvalue weighted by molar-refractivity contribution is 5.82. The lowest BCUT2D eigenvalue weighted by atomic mass is 10.2. The van der Waals surface area contributed by atoms with Crippen molar-refractivity contribution in [3.8, 4) is 0 Å². The smallest absolute Gasteiger partial charge is 0.255 e. The lowest BCUT2D eigenvalue weighted by molar-refractivity contribution is -0.134. The van der Waals surface area contributed by atoms with Crippen LogP contribution in [0.25, 0.3) is 0 Å². The maximum absolute atomic E-state index is 11.5. The number of rotatable bonds is 5. The predicted molar refractivity (Wildman–Crippen MR) is 52.1 cm³/mol. The molecule has 1 rings (SSSR count). The maximum Gasteiger partial charge on any atom is 0.255 e. The van der Waals surface area contributed by atoms with Crippen LogP contribution in [0.2, 0.25) is 0 Å². The SMILES string of the molecule is C=CCN(C=O)NC(=O)C1CCCN1. The Bertz CT molecular complexity index is 224. The van der Waals surface area contributed by atoms with Crippen LogP contribution in [-0.2, 0) is 9.59 Å². The van der Waals surface area contributed by atoms with E-state index in [0.717, 1.165) is 19.4 Å². The van der Waals surface area contributed by atoms with Gasteiger partial charge in [0.15, 0.2) is 0 Å². The second-order valence-electron chi connectivity index (χ2n) is 3.17. The number of carbonyl (C=O) groups excluding carboxylic acids is 2. The van der Waals surface area contributed by atoms with E-state index in [1.54, 1.807) is 6.08 Å². The topological polar surface area (TPSA) is 61.4 Å². The third kappa shape index (κ3) is 2.85. The van der Waals surface area contributed by atoms with Crippen molar-refractivity contribution in [2.75, 3.05) is 13.1 Å². The Balaban J connectivity index is 2.36. The summed E-state index contributed by atoms with van der Waals surface area (Å²) in [6, 6.07) is -0.165. The number of carbonyl (C=O) groups is 2. The molecule has 1 aliphatic heterocycles. The minimum absolute atomic E-state index is 0.156. The Labute approximate surface area is 83.1 Å². The molecule has 1 unspecified atom stereocenters. The summed E-state index contributed by atoms with van der Waals surface area (Å²) in [4.78, 5) is 22.0. The monoisotopic (exact) mass is 197 g/mol. The van der Waals surface area contributed by atoms with Crippen molar-refractivity contribution in [3.05, 3.63) is 12.7 Å². The zero-order chi connectivity index (χ0) is 10.4. The van der Waals surface area contributed by atoms with Gasteiger partial charge in [-0.05, 0) is 19.4 Å². The molecule has 0 spiro atoms. The minimum Gasteiger partial charge on any atom is -0.306 e. The lowest BCUT2D eigenvalue weighted by Gasteiger charge is -2.18. The van der Waals surface area contributed by atoms with Crippen LogP contribution in [-0.4, -0.2) is 36.5 Å². The molecule has 0 aliphatic carbocycles. The average molecular weight is 197 g/mol. The van der Waals surface area contributed by atoms with Gasteiger partial charge in [-0.1, -0.05) is 6.08 Å². The van der Waals surface area contributed by atoms with Gasteiger partial charge in [-0.15, -0.1) is 6.58 Å². The van der Waals surface area contributed by atoms with Gasteiger partial charge in [-0.2, -0.15) is 0 Å². The molecule has 1 saturated heterocycles. The Kier molecular flexibility index (Phi) is 4.12. The summed E-state index contributed by atoms with van der Waals surface area (Å²) in [6.07, 6.45) is 3.96. The lowest BCUT2D eigenvalue weighted by Crippen LogP contribution is -2.48. The minimum atomic E-state index is -0.165. The van der Waals surface area contributed by atoms with Crippen LogP contribution >= 0.6 is 0 Å². The molecule has 0 aromatic rings. The van der Waals surface area contributed by atoms with E-state index in [1.807, 2.05) is 0 Å². The van der Waals surface area contributed by atoms with E-state index < -0.39 is 0 Å². The summed E-state index contributed by atoms with van der Waals surface area (Å²) in [5.74, 6) is -0.156. The largest absolute Gasteiger partial charge is 0.306 e. The number of nitrogens with zero attached hydrogens (tertiary/aromatic N) is 1. The van der Waals surface area contributed by atoms with Crippen LogP contribution in [0.15, 0.2) is 12.7 Å². The van der Waals surface area contributed by atoms with Crippen molar-refractivity contribution in [3.63, 3.8) is 0 Å². The molecule has 1 atom stereocenters. The summed E-state index contributed by atoms with van der Waals surface area (Å²) in [7, 11) is 0. The first-order valence-electron chi connectivity index (χ1n) is 4.64. The zero-order valence-electron chi connectivity index (χ0n) is 8.03. The highest BCUT2D eigenvalue weighted by Gasteiger charge is 2.22. The van der Waals surface area contributed by atoms with Crippen molar-refractivity contribution in [2.24, 2.45) is 0 Å². The van der Waals surface area contributed by atoms with Gasteiger partial charge in [0.25, 0.3) is 5.91 Å². The fourth-order valence-corrected chi connectivity index (χ4v) is 1.38. The third-order valence-corrected chi connectivity index (χ3v) is 2.08. The molecule has 0 saturated carbocycles. The number of amides is 2. The molecular weight excluding hydrogens is 182 g/mol. The van der Waals surface area contributed by atoms with Gasteiger partial charge >= 0.3 is 0 Å². The Morgan fingerprint density at radius 2 is 2.50 bits per heavy atom. The standard InChI is InChI=1S/C9H15N3O2/c1-2-6-12(7-13)11-9(14)8-4-3-5-10-8/h2,7-8,10H,1,3-6H2,(H,11,14). The Morgan fingerprint density at radius 1 is 1.71 bits per heavy atom. The molecule has 2 amide bonds. The van der Waals surface area contributed by atoms with Gasteiger partial charge in [0.2, 0.25) is 6.41 Å². The van der Waals surface area contributed by atoms with Crippen LogP contribution in [0.5, 0.6) is 0 Å². The van der Waals surface area contributed by atoms with Crippen molar-refractivity contribution in [1.82, 2.24) is 15.8 Å². The van der Waals surface area contributed by atoms with Gasteiger partial charge in [-0.3, -0.25) is 20.0 Å². The molecule has 0 aromatic carbocycles. The molecule has 78 valence electrons.